The van der Waals surface area contributed by atoms with Gasteiger partial charge in [0.25, 0.3) is 0 Å². The van der Waals surface area contributed by atoms with Crippen molar-refractivity contribution in [2.45, 2.75) is 13.0 Å². The summed E-state index contributed by atoms with van der Waals surface area (Å²) in [5, 5.41) is 0. The number of carbonyl (C=O) groups is 1. The molecule has 0 heterocycles. The normalized spacial score (nSPS) is 12.6. The molecule has 0 spiro atoms. The van der Waals surface area contributed by atoms with E-state index in [9.17, 15) is 4.79 Å². The van der Waals surface area contributed by atoms with Crippen molar-refractivity contribution in [2.24, 2.45) is 0 Å². The summed E-state index contributed by atoms with van der Waals surface area (Å²) in [5.74, 6) is -0.0130. The Morgan fingerprint density at radius 2 is 1.93 bits per heavy atom. The summed E-state index contributed by atoms with van der Waals surface area (Å²) in [4.78, 5) is 13.0. The fourth-order valence-electron chi connectivity index (χ4n) is 1.28. The first kappa shape index (κ1) is 15.9. The second-order valence-electron chi connectivity index (χ2n) is 4.48. The van der Waals surface area contributed by atoms with Crippen LogP contribution in [0.5, 0.6) is 0 Å². The molecule has 1 unspecified atom stereocenters. The Labute approximate surface area is 93.4 Å². The third kappa shape index (κ3) is 6.00. The van der Waals surface area contributed by atoms with Crippen LogP contribution in [0.1, 0.15) is 6.92 Å². The van der Waals surface area contributed by atoms with Crippen LogP contribution < -0.4 is 12.4 Å². The molecule has 0 aliphatic heterocycles. The average molecular weight is 221 g/mol. The average Bonchev–Trinajstić information content (AvgIpc) is 1.98. The fraction of sp³-hybridized carbons (Fsp3) is 0.700. The molecule has 0 aliphatic carbocycles. The molecule has 0 fully saturated rings. The number of halogens is 1. The van der Waals surface area contributed by atoms with E-state index in [1.807, 2.05) is 14.0 Å². The molecule has 0 aromatic heterocycles. The van der Waals surface area contributed by atoms with Gasteiger partial charge in [0.1, 0.15) is 0 Å². The predicted octanol–water partition coefficient (Wildman–Crippen LogP) is -2.27. The maximum Gasteiger partial charge on any atom is 0.246 e. The van der Waals surface area contributed by atoms with E-state index >= 15 is 0 Å². The van der Waals surface area contributed by atoms with Gasteiger partial charge in [-0.3, -0.25) is 4.79 Å². The lowest BCUT2D eigenvalue weighted by Gasteiger charge is -2.31. The summed E-state index contributed by atoms with van der Waals surface area (Å²) < 4.78 is 0.857. The Morgan fingerprint density at radius 1 is 1.50 bits per heavy atom. The minimum absolute atomic E-state index is 0. The maximum absolute atomic E-state index is 11.2. The minimum Gasteiger partial charge on any atom is -1.00 e. The smallest absolute Gasteiger partial charge is 0.246 e. The number of amides is 1. The molecule has 1 amide bonds. The molecule has 0 rings (SSSR count). The summed E-state index contributed by atoms with van der Waals surface area (Å²) >= 11 is 0. The SMILES string of the molecule is C=CC(=O)N(C)C(C)C[N+](C)(C)C.[Cl-]. The highest BCUT2D eigenvalue weighted by atomic mass is 35.5. The lowest BCUT2D eigenvalue weighted by Crippen LogP contribution is -3.00. The van der Waals surface area contributed by atoms with Gasteiger partial charge in [0.05, 0.1) is 33.7 Å². The van der Waals surface area contributed by atoms with E-state index in [1.165, 1.54) is 6.08 Å². The summed E-state index contributed by atoms with van der Waals surface area (Å²) in [7, 11) is 8.15. The summed E-state index contributed by atoms with van der Waals surface area (Å²) in [6.07, 6.45) is 1.35. The van der Waals surface area contributed by atoms with Gasteiger partial charge < -0.3 is 21.8 Å². The number of carbonyl (C=O) groups excluding carboxylic acids is 1. The third-order valence-electron chi connectivity index (χ3n) is 2.00. The van der Waals surface area contributed by atoms with Crippen LogP contribution in [0.4, 0.5) is 0 Å². The van der Waals surface area contributed by atoms with Gasteiger partial charge in [-0.25, -0.2) is 0 Å². The van der Waals surface area contributed by atoms with Crippen molar-refractivity contribution in [3.05, 3.63) is 12.7 Å². The summed E-state index contributed by atoms with van der Waals surface area (Å²) in [6.45, 7) is 6.45. The molecule has 0 N–H and O–H groups in total. The second kappa shape index (κ2) is 6.04. The predicted molar refractivity (Wildman–Crippen MR) is 55.3 cm³/mol. The van der Waals surface area contributed by atoms with Crippen molar-refractivity contribution in [3.63, 3.8) is 0 Å². The van der Waals surface area contributed by atoms with E-state index in [-0.39, 0.29) is 24.4 Å². The Kier molecular flexibility index (Phi) is 6.86. The van der Waals surface area contributed by atoms with Crippen LogP contribution in [0.2, 0.25) is 0 Å². The zero-order valence-corrected chi connectivity index (χ0v) is 10.5. The Hall–Kier alpha value is -0.540. The van der Waals surface area contributed by atoms with Gasteiger partial charge in [0.2, 0.25) is 5.91 Å². The molecule has 14 heavy (non-hydrogen) atoms. The van der Waals surface area contributed by atoms with Crippen LogP contribution >= 0.6 is 0 Å². The Balaban J connectivity index is 0. The van der Waals surface area contributed by atoms with Gasteiger partial charge in [-0.2, -0.15) is 0 Å². The minimum atomic E-state index is -0.0130. The molecule has 0 aromatic rings. The van der Waals surface area contributed by atoms with Crippen molar-refractivity contribution in [2.75, 3.05) is 34.7 Å². The summed E-state index contributed by atoms with van der Waals surface area (Å²) in [5.41, 5.74) is 0. The first-order chi connectivity index (χ1) is 5.78. The van der Waals surface area contributed by atoms with Gasteiger partial charge in [-0.05, 0) is 13.0 Å². The fourth-order valence-corrected chi connectivity index (χ4v) is 1.28. The van der Waals surface area contributed by atoms with Crippen LogP contribution in [-0.2, 0) is 4.79 Å². The van der Waals surface area contributed by atoms with Crippen LogP contribution in [0.25, 0.3) is 0 Å². The molecular formula is C10H21ClN2O. The van der Waals surface area contributed by atoms with Crippen LogP contribution in [0.3, 0.4) is 0 Å². The number of quaternary nitrogens is 1. The van der Waals surface area contributed by atoms with E-state index in [0.29, 0.717) is 0 Å². The van der Waals surface area contributed by atoms with E-state index in [2.05, 4.69) is 27.7 Å². The number of likely N-dealkylation sites (N-methyl/N-ethyl adjacent to an activating group) is 2. The number of nitrogens with zero attached hydrogens (tertiary/aromatic N) is 2. The van der Waals surface area contributed by atoms with E-state index in [4.69, 9.17) is 0 Å². The van der Waals surface area contributed by atoms with Gasteiger partial charge in [-0.15, -0.1) is 0 Å². The molecule has 0 radical (unpaired) electrons. The van der Waals surface area contributed by atoms with Gasteiger partial charge in [0.15, 0.2) is 0 Å². The van der Waals surface area contributed by atoms with E-state index in [0.717, 1.165) is 11.0 Å². The number of rotatable bonds is 4. The van der Waals surface area contributed by atoms with Gasteiger partial charge >= 0.3 is 0 Å². The van der Waals surface area contributed by atoms with Crippen molar-refractivity contribution in [3.8, 4) is 0 Å². The Bertz CT molecular complexity index is 199. The monoisotopic (exact) mass is 220 g/mol. The third-order valence-corrected chi connectivity index (χ3v) is 2.00. The molecule has 0 aliphatic rings. The standard InChI is InChI=1S/C10H21N2O.ClH/c1-7-10(13)11(3)9(2)8-12(4,5)6;/h7,9H,1,8H2,2-6H3;1H/q+1;/p-1. The highest BCUT2D eigenvalue weighted by molar-refractivity contribution is 5.86. The van der Waals surface area contributed by atoms with E-state index in [1.54, 1.807) is 4.90 Å². The summed E-state index contributed by atoms with van der Waals surface area (Å²) in [6, 6.07) is 0.241. The van der Waals surface area contributed by atoms with E-state index < -0.39 is 0 Å². The number of hydrogen-bond acceptors (Lipinski definition) is 1. The molecule has 1 atom stereocenters. The van der Waals surface area contributed by atoms with Crippen LogP contribution in [0.15, 0.2) is 12.7 Å². The number of hydrogen-bond donors (Lipinski definition) is 0. The zero-order valence-electron chi connectivity index (χ0n) is 9.75. The molecule has 0 bridgehead atoms. The molecule has 0 saturated heterocycles. The highest BCUT2D eigenvalue weighted by Gasteiger charge is 2.19. The largest absolute Gasteiger partial charge is 1.00 e. The van der Waals surface area contributed by atoms with Crippen LogP contribution in [0, 0.1) is 0 Å². The Morgan fingerprint density at radius 3 is 2.21 bits per heavy atom. The van der Waals surface area contributed by atoms with Crippen molar-refractivity contribution < 1.29 is 21.7 Å². The first-order valence-electron chi connectivity index (χ1n) is 4.47. The molecule has 0 saturated carbocycles. The molecule has 84 valence electrons. The quantitative estimate of drug-likeness (QED) is 0.387. The molecule has 3 nitrogen and oxygen atoms in total. The highest BCUT2D eigenvalue weighted by Crippen LogP contribution is 2.02. The van der Waals surface area contributed by atoms with Crippen LogP contribution in [-0.4, -0.2) is 56.1 Å². The maximum atomic E-state index is 11.2. The lowest BCUT2D eigenvalue weighted by molar-refractivity contribution is -0.872. The molecule has 4 heteroatoms. The second-order valence-corrected chi connectivity index (χ2v) is 4.48. The zero-order chi connectivity index (χ0) is 10.6. The van der Waals surface area contributed by atoms with Crippen molar-refractivity contribution in [1.82, 2.24) is 4.90 Å². The van der Waals surface area contributed by atoms with Crippen molar-refractivity contribution >= 4 is 5.91 Å². The lowest BCUT2D eigenvalue weighted by atomic mass is 10.2. The molecule has 0 aromatic carbocycles. The van der Waals surface area contributed by atoms with Gasteiger partial charge in [0, 0.05) is 7.05 Å². The topological polar surface area (TPSA) is 20.3 Å². The van der Waals surface area contributed by atoms with Crippen molar-refractivity contribution in [1.29, 1.82) is 0 Å². The first-order valence-corrected chi connectivity index (χ1v) is 4.47. The molecular weight excluding hydrogens is 200 g/mol. The van der Waals surface area contributed by atoms with Gasteiger partial charge in [-0.1, -0.05) is 6.58 Å².